The number of hydrogen-bond donors (Lipinski definition) is 4. The molecule has 0 saturated heterocycles. The van der Waals surface area contributed by atoms with Crippen molar-refractivity contribution < 1.29 is 8.83 Å². The van der Waals surface area contributed by atoms with Crippen LogP contribution in [0.3, 0.4) is 0 Å². The molecule has 0 aromatic carbocycles. The second-order valence-electron chi connectivity index (χ2n) is 6.36. The number of thiocarbonyl (C=S) groups is 2. The maximum Gasteiger partial charge on any atom is 0.166 e. The lowest BCUT2D eigenvalue weighted by Crippen LogP contribution is -2.48. The highest BCUT2D eigenvalue weighted by Gasteiger charge is 2.22. The first kappa shape index (κ1) is 18.7. The van der Waals surface area contributed by atoms with Gasteiger partial charge in [-0.1, -0.05) is 0 Å². The van der Waals surface area contributed by atoms with Crippen molar-refractivity contribution in [3.63, 3.8) is 0 Å². The Labute approximate surface area is 164 Å². The van der Waals surface area contributed by atoms with Gasteiger partial charge in [0.05, 0.1) is 25.6 Å². The normalized spacial score (nSPS) is 19.5. The Balaban J connectivity index is 1.29. The Kier molecular flexibility index (Phi) is 6.90. The van der Waals surface area contributed by atoms with Crippen molar-refractivity contribution >= 4 is 34.7 Å². The highest BCUT2D eigenvalue weighted by Crippen LogP contribution is 2.18. The van der Waals surface area contributed by atoms with Crippen molar-refractivity contribution in [1.82, 2.24) is 21.3 Å². The van der Waals surface area contributed by atoms with Crippen molar-refractivity contribution in [2.45, 2.75) is 50.9 Å². The molecule has 4 N–H and O–H groups in total. The second-order valence-corrected chi connectivity index (χ2v) is 7.18. The highest BCUT2D eigenvalue weighted by molar-refractivity contribution is 7.80. The molecule has 26 heavy (non-hydrogen) atoms. The zero-order valence-corrected chi connectivity index (χ0v) is 16.1. The van der Waals surface area contributed by atoms with Gasteiger partial charge in [-0.05, 0) is 74.4 Å². The summed E-state index contributed by atoms with van der Waals surface area (Å²) in [7, 11) is 0. The van der Waals surface area contributed by atoms with E-state index in [2.05, 4.69) is 21.3 Å². The molecule has 3 rings (SSSR count). The van der Waals surface area contributed by atoms with Gasteiger partial charge in [0.1, 0.15) is 11.5 Å². The predicted octanol–water partition coefficient (Wildman–Crippen LogP) is 2.81. The molecule has 1 aliphatic rings. The molecule has 2 aromatic heterocycles. The van der Waals surface area contributed by atoms with Gasteiger partial charge in [-0.25, -0.2) is 0 Å². The third kappa shape index (κ3) is 6.03. The first-order valence-electron chi connectivity index (χ1n) is 8.82. The molecule has 8 heteroatoms. The van der Waals surface area contributed by atoms with Crippen LogP contribution in [0.4, 0.5) is 0 Å². The monoisotopic (exact) mass is 392 g/mol. The van der Waals surface area contributed by atoms with E-state index in [9.17, 15) is 0 Å². The molecule has 1 aliphatic carbocycles. The summed E-state index contributed by atoms with van der Waals surface area (Å²) in [6.45, 7) is 1.21. The molecule has 140 valence electrons. The fourth-order valence-electron chi connectivity index (χ4n) is 3.02. The molecule has 2 heterocycles. The van der Waals surface area contributed by atoms with Gasteiger partial charge in [-0.3, -0.25) is 0 Å². The quantitative estimate of drug-likeness (QED) is 0.560. The van der Waals surface area contributed by atoms with Crippen LogP contribution < -0.4 is 21.3 Å². The minimum absolute atomic E-state index is 0.398. The van der Waals surface area contributed by atoms with Crippen LogP contribution in [0, 0.1) is 0 Å². The fourth-order valence-corrected chi connectivity index (χ4v) is 3.49. The molecule has 0 spiro atoms. The van der Waals surface area contributed by atoms with E-state index in [0.717, 1.165) is 37.2 Å². The van der Waals surface area contributed by atoms with Crippen LogP contribution in [0.1, 0.15) is 37.2 Å². The van der Waals surface area contributed by atoms with Crippen LogP contribution >= 0.6 is 24.4 Å². The Bertz CT molecular complexity index is 620. The Hall–Kier alpha value is -2.06. The third-order valence-electron chi connectivity index (χ3n) is 4.40. The first-order valence-corrected chi connectivity index (χ1v) is 9.64. The Morgan fingerprint density at radius 2 is 1.23 bits per heavy atom. The van der Waals surface area contributed by atoms with Crippen molar-refractivity contribution in [3.05, 3.63) is 48.3 Å². The van der Waals surface area contributed by atoms with Gasteiger partial charge in [0.2, 0.25) is 0 Å². The SMILES string of the molecule is S=C(NCc1ccco1)NC1CCC(NC(=S)NCc2ccco2)CC1. The van der Waals surface area contributed by atoms with Gasteiger partial charge >= 0.3 is 0 Å². The Morgan fingerprint density at radius 3 is 1.58 bits per heavy atom. The molecular formula is C18H24N4O2S2. The second kappa shape index (κ2) is 9.59. The summed E-state index contributed by atoms with van der Waals surface area (Å²) >= 11 is 10.7. The molecule has 0 radical (unpaired) electrons. The molecule has 0 amide bonds. The van der Waals surface area contributed by atoms with Crippen molar-refractivity contribution in [3.8, 4) is 0 Å². The summed E-state index contributed by atoms with van der Waals surface area (Å²) in [6, 6.07) is 8.39. The lowest BCUT2D eigenvalue weighted by molar-refractivity contribution is 0.352. The van der Waals surface area contributed by atoms with E-state index in [4.69, 9.17) is 33.3 Å². The van der Waals surface area contributed by atoms with Crippen LogP contribution in [0.25, 0.3) is 0 Å². The third-order valence-corrected chi connectivity index (χ3v) is 4.93. The van der Waals surface area contributed by atoms with Crippen molar-refractivity contribution in [2.24, 2.45) is 0 Å². The van der Waals surface area contributed by atoms with Gasteiger partial charge < -0.3 is 30.1 Å². The molecule has 1 fully saturated rings. The van der Waals surface area contributed by atoms with E-state index in [1.54, 1.807) is 12.5 Å². The standard InChI is InChI=1S/C18H24N4O2S2/c25-17(19-11-15-3-1-9-23-15)21-13-5-7-14(8-6-13)22-18(26)20-12-16-4-2-10-24-16/h1-4,9-10,13-14H,5-8,11-12H2,(H2,19,21,25)(H2,20,22,26). The van der Waals surface area contributed by atoms with Gasteiger partial charge in [-0.15, -0.1) is 0 Å². The summed E-state index contributed by atoms with van der Waals surface area (Å²) in [6.07, 6.45) is 7.55. The van der Waals surface area contributed by atoms with E-state index in [1.807, 2.05) is 24.3 Å². The van der Waals surface area contributed by atoms with E-state index in [1.165, 1.54) is 0 Å². The van der Waals surface area contributed by atoms with E-state index in [-0.39, 0.29) is 0 Å². The molecular weight excluding hydrogens is 368 g/mol. The van der Waals surface area contributed by atoms with Crippen LogP contribution in [-0.2, 0) is 13.1 Å². The molecule has 0 atom stereocenters. The topological polar surface area (TPSA) is 74.4 Å². The minimum atomic E-state index is 0.398. The minimum Gasteiger partial charge on any atom is -0.467 e. The summed E-state index contributed by atoms with van der Waals surface area (Å²) in [4.78, 5) is 0. The lowest BCUT2D eigenvalue weighted by atomic mass is 9.91. The number of nitrogens with one attached hydrogen (secondary N) is 4. The van der Waals surface area contributed by atoms with Crippen LogP contribution in [0.5, 0.6) is 0 Å². The molecule has 2 aromatic rings. The number of furan rings is 2. The average Bonchev–Trinajstić information content (AvgIpc) is 3.34. The smallest absolute Gasteiger partial charge is 0.166 e. The summed E-state index contributed by atoms with van der Waals surface area (Å²) < 4.78 is 10.6. The van der Waals surface area contributed by atoms with Crippen LogP contribution in [0.15, 0.2) is 45.6 Å². The van der Waals surface area contributed by atoms with E-state index in [0.29, 0.717) is 35.4 Å². The van der Waals surface area contributed by atoms with Gasteiger partial charge in [0, 0.05) is 12.1 Å². The zero-order valence-electron chi connectivity index (χ0n) is 14.5. The lowest BCUT2D eigenvalue weighted by Gasteiger charge is -2.31. The molecule has 6 nitrogen and oxygen atoms in total. The maximum atomic E-state index is 5.36. The highest BCUT2D eigenvalue weighted by atomic mass is 32.1. The largest absolute Gasteiger partial charge is 0.467 e. The average molecular weight is 393 g/mol. The first-order chi connectivity index (χ1) is 12.7. The van der Waals surface area contributed by atoms with Crippen molar-refractivity contribution in [1.29, 1.82) is 0 Å². The summed E-state index contributed by atoms with van der Waals surface area (Å²) in [5.74, 6) is 1.75. The van der Waals surface area contributed by atoms with Gasteiger partial charge in [-0.2, -0.15) is 0 Å². The van der Waals surface area contributed by atoms with Crippen LogP contribution in [-0.4, -0.2) is 22.3 Å². The molecule has 0 aliphatic heterocycles. The van der Waals surface area contributed by atoms with Crippen LogP contribution in [0.2, 0.25) is 0 Å². The number of hydrogen-bond acceptors (Lipinski definition) is 4. The van der Waals surface area contributed by atoms with Gasteiger partial charge in [0.15, 0.2) is 10.2 Å². The summed E-state index contributed by atoms with van der Waals surface area (Å²) in [5, 5.41) is 14.5. The fraction of sp³-hybridized carbons (Fsp3) is 0.444. The van der Waals surface area contributed by atoms with E-state index >= 15 is 0 Å². The summed E-state index contributed by atoms with van der Waals surface area (Å²) in [5.41, 5.74) is 0. The Morgan fingerprint density at radius 1 is 0.808 bits per heavy atom. The molecule has 0 unspecified atom stereocenters. The van der Waals surface area contributed by atoms with E-state index < -0.39 is 0 Å². The predicted molar refractivity (Wildman–Crippen MR) is 109 cm³/mol. The molecule has 1 saturated carbocycles. The zero-order chi connectivity index (χ0) is 18.2. The maximum absolute atomic E-state index is 5.36. The van der Waals surface area contributed by atoms with Gasteiger partial charge in [0.25, 0.3) is 0 Å². The molecule has 0 bridgehead atoms. The van der Waals surface area contributed by atoms with Crippen molar-refractivity contribution in [2.75, 3.05) is 0 Å². The number of rotatable bonds is 6.